The standard InChI is InChI=1S/C33H34FN3O6S/c1-21(36-31(38)25-14-29(18-35-17-25)43-28-10-12-44(41,42)13-11-28)22-2-4-23(5-3-22)30(24-6-8-27(34)9-7-24)26-15-33(16-26)19-37(20-33)32(39)40/h2-9,14,17-18,21,28H,10-13,15-16,19-20H2,1H3,(H,36,38)(H,39,40)/t21-/m1/s1. The number of carboxylic acid groups (broad SMARTS) is 1. The summed E-state index contributed by atoms with van der Waals surface area (Å²) >= 11 is 0. The van der Waals surface area contributed by atoms with E-state index in [0.29, 0.717) is 37.2 Å². The summed E-state index contributed by atoms with van der Waals surface area (Å²) in [6.45, 7) is 2.96. The van der Waals surface area contributed by atoms with Crippen molar-refractivity contribution in [2.45, 2.75) is 44.8 Å². The van der Waals surface area contributed by atoms with E-state index in [1.54, 1.807) is 18.2 Å². The van der Waals surface area contributed by atoms with Crippen molar-refractivity contribution in [3.63, 3.8) is 0 Å². The van der Waals surface area contributed by atoms with Gasteiger partial charge < -0.3 is 20.1 Å². The molecule has 2 saturated heterocycles. The Bertz CT molecular complexity index is 1690. The SMILES string of the molecule is C[C@@H](NC(=O)c1cncc(OC2CCS(=O)(=O)CC2)c1)c1ccc(C(=C2CC3(C2)CN(C(=O)O)C3)c2ccc(F)cc2)cc1. The number of nitrogens with zero attached hydrogens (tertiary/aromatic N) is 2. The van der Waals surface area contributed by atoms with Gasteiger partial charge in [0, 0.05) is 24.7 Å². The fourth-order valence-electron chi connectivity index (χ4n) is 6.43. The van der Waals surface area contributed by atoms with Crippen molar-refractivity contribution in [1.82, 2.24) is 15.2 Å². The molecule has 0 radical (unpaired) electrons. The fourth-order valence-corrected chi connectivity index (χ4v) is 7.88. The van der Waals surface area contributed by atoms with E-state index in [0.717, 1.165) is 35.1 Å². The minimum absolute atomic E-state index is 0.00794. The zero-order valence-electron chi connectivity index (χ0n) is 24.3. The highest BCUT2D eigenvalue weighted by Crippen LogP contribution is 2.54. The maximum atomic E-state index is 13.7. The first kappa shape index (κ1) is 29.8. The van der Waals surface area contributed by atoms with Gasteiger partial charge in [0.2, 0.25) is 0 Å². The second-order valence-electron chi connectivity index (χ2n) is 12.2. The van der Waals surface area contributed by atoms with Crippen molar-refractivity contribution in [3.05, 3.63) is 101 Å². The lowest BCUT2D eigenvalue weighted by Gasteiger charge is -2.56. The third-order valence-corrected chi connectivity index (χ3v) is 10.5. The van der Waals surface area contributed by atoms with Gasteiger partial charge in [-0.15, -0.1) is 0 Å². The molecule has 3 aromatic rings. The summed E-state index contributed by atoms with van der Waals surface area (Å²) < 4.78 is 43.1. The number of amides is 2. The number of carbonyl (C=O) groups is 2. The lowest BCUT2D eigenvalue weighted by atomic mass is 9.59. The van der Waals surface area contributed by atoms with Gasteiger partial charge in [-0.2, -0.15) is 0 Å². The predicted molar refractivity (Wildman–Crippen MR) is 163 cm³/mol. The lowest BCUT2D eigenvalue weighted by molar-refractivity contribution is -0.0164. The first-order valence-electron chi connectivity index (χ1n) is 14.7. The molecule has 11 heteroatoms. The molecule has 2 amide bonds. The molecule has 3 heterocycles. The van der Waals surface area contributed by atoms with E-state index in [9.17, 15) is 27.5 Å². The third kappa shape index (κ3) is 6.33. The minimum atomic E-state index is -3.00. The van der Waals surface area contributed by atoms with Crippen LogP contribution in [-0.2, 0) is 9.84 Å². The summed E-state index contributed by atoms with van der Waals surface area (Å²) in [6, 6.07) is 15.7. The molecule has 1 aromatic heterocycles. The Hall–Kier alpha value is -4.25. The van der Waals surface area contributed by atoms with E-state index < -0.39 is 15.9 Å². The molecule has 1 saturated carbocycles. The van der Waals surface area contributed by atoms with Gasteiger partial charge >= 0.3 is 6.09 Å². The van der Waals surface area contributed by atoms with Crippen LogP contribution in [0.1, 0.15) is 65.7 Å². The number of hydrogen-bond donors (Lipinski definition) is 2. The molecular weight excluding hydrogens is 585 g/mol. The molecule has 3 fully saturated rings. The van der Waals surface area contributed by atoms with Crippen molar-refractivity contribution in [1.29, 1.82) is 0 Å². The van der Waals surface area contributed by atoms with Crippen molar-refractivity contribution < 1.29 is 32.2 Å². The number of carbonyl (C=O) groups excluding carboxylic acids is 1. The summed E-state index contributed by atoms with van der Waals surface area (Å²) in [4.78, 5) is 29.9. The Morgan fingerprint density at radius 1 is 1.00 bits per heavy atom. The number of hydrogen-bond acceptors (Lipinski definition) is 6. The number of likely N-dealkylation sites (tertiary alicyclic amines) is 1. The molecule has 1 spiro atoms. The van der Waals surface area contributed by atoms with Crippen LogP contribution < -0.4 is 10.1 Å². The Morgan fingerprint density at radius 3 is 2.23 bits per heavy atom. The van der Waals surface area contributed by atoms with Crippen LogP contribution in [0.15, 0.2) is 72.6 Å². The van der Waals surface area contributed by atoms with E-state index in [1.807, 2.05) is 31.2 Å². The Kier molecular flexibility index (Phi) is 7.91. The zero-order chi connectivity index (χ0) is 31.1. The summed E-state index contributed by atoms with van der Waals surface area (Å²) in [7, 11) is -3.00. The normalized spacial score (nSPS) is 19.4. The number of allylic oxidation sites excluding steroid dienone is 1. The van der Waals surface area contributed by atoms with Crippen molar-refractivity contribution >= 4 is 27.4 Å². The molecule has 3 aliphatic rings. The zero-order valence-corrected chi connectivity index (χ0v) is 25.1. The molecule has 1 atom stereocenters. The Balaban J connectivity index is 1.13. The summed E-state index contributed by atoms with van der Waals surface area (Å²) in [5, 5.41) is 12.3. The van der Waals surface area contributed by atoms with E-state index in [4.69, 9.17) is 4.74 Å². The van der Waals surface area contributed by atoms with E-state index in [2.05, 4.69) is 10.3 Å². The molecule has 2 aromatic carbocycles. The monoisotopic (exact) mass is 619 g/mol. The van der Waals surface area contributed by atoms with E-state index >= 15 is 0 Å². The second kappa shape index (κ2) is 11.7. The summed E-state index contributed by atoms with van der Waals surface area (Å²) in [5.41, 5.74) is 5.37. The smallest absolute Gasteiger partial charge is 0.407 e. The van der Waals surface area contributed by atoms with Crippen LogP contribution in [-0.4, -0.2) is 66.1 Å². The van der Waals surface area contributed by atoms with Crippen molar-refractivity contribution in [3.8, 4) is 5.75 Å². The van der Waals surface area contributed by atoms with Gasteiger partial charge in [-0.05, 0) is 73.1 Å². The molecule has 230 valence electrons. The van der Waals surface area contributed by atoms with Gasteiger partial charge in [-0.3, -0.25) is 9.78 Å². The fraction of sp³-hybridized carbons (Fsp3) is 0.364. The number of benzene rings is 2. The van der Waals surface area contributed by atoms with Crippen LogP contribution >= 0.6 is 0 Å². The summed E-state index contributed by atoms with van der Waals surface area (Å²) in [5.74, 6) is -0.00521. The number of rotatable bonds is 7. The lowest BCUT2D eigenvalue weighted by Crippen LogP contribution is -2.61. The Labute approximate surface area is 255 Å². The number of aromatic nitrogens is 1. The highest BCUT2D eigenvalue weighted by atomic mass is 32.2. The van der Waals surface area contributed by atoms with Gasteiger partial charge in [-0.25, -0.2) is 17.6 Å². The van der Waals surface area contributed by atoms with Gasteiger partial charge in [-0.1, -0.05) is 42.0 Å². The molecule has 1 aliphatic carbocycles. The Morgan fingerprint density at radius 2 is 1.61 bits per heavy atom. The molecule has 0 bridgehead atoms. The number of pyridine rings is 1. The largest absolute Gasteiger partial charge is 0.489 e. The first-order chi connectivity index (χ1) is 21.0. The van der Waals surface area contributed by atoms with Crippen LogP contribution in [0.25, 0.3) is 5.57 Å². The highest BCUT2D eigenvalue weighted by molar-refractivity contribution is 7.91. The van der Waals surface area contributed by atoms with Gasteiger partial charge in [0.05, 0.1) is 29.3 Å². The van der Waals surface area contributed by atoms with Gasteiger partial charge in [0.25, 0.3) is 5.91 Å². The molecule has 9 nitrogen and oxygen atoms in total. The van der Waals surface area contributed by atoms with Crippen LogP contribution in [0.3, 0.4) is 0 Å². The molecule has 6 rings (SSSR count). The number of sulfone groups is 1. The third-order valence-electron chi connectivity index (χ3n) is 8.81. The average Bonchev–Trinajstić information content (AvgIpc) is 2.95. The average molecular weight is 620 g/mol. The predicted octanol–water partition coefficient (Wildman–Crippen LogP) is 5.24. The molecule has 2 N–H and O–H groups in total. The van der Waals surface area contributed by atoms with Gasteiger partial charge in [0.1, 0.15) is 17.7 Å². The number of ether oxygens (including phenoxy) is 1. The molecular formula is C33H34FN3O6S. The van der Waals surface area contributed by atoms with Gasteiger partial charge in [0.15, 0.2) is 9.84 Å². The quantitative estimate of drug-likeness (QED) is 0.370. The van der Waals surface area contributed by atoms with E-state index in [-0.39, 0.29) is 40.8 Å². The molecule has 2 aliphatic heterocycles. The van der Waals surface area contributed by atoms with Crippen LogP contribution in [0, 0.1) is 11.2 Å². The van der Waals surface area contributed by atoms with E-state index in [1.165, 1.54) is 35.0 Å². The molecule has 0 unspecified atom stereocenters. The summed E-state index contributed by atoms with van der Waals surface area (Å²) in [6.07, 6.45) is 4.29. The minimum Gasteiger partial charge on any atom is -0.489 e. The molecule has 44 heavy (non-hydrogen) atoms. The van der Waals surface area contributed by atoms with Crippen molar-refractivity contribution in [2.75, 3.05) is 24.6 Å². The van der Waals surface area contributed by atoms with Crippen LogP contribution in [0.2, 0.25) is 0 Å². The maximum absolute atomic E-state index is 13.7. The second-order valence-corrected chi connectivity index (χ2v) is 14.5. The van der Waals surface area contributed by atoms with Crippen molar-refractivity contribution in [2.24, 2.45) is 5.41 Å². The topological polar surface area (TPSA) is 126 Å². The first-order valence-corrected chi connectivity index (χ1v) is 16.5. The maximum Gasteiger partial charge on any atom is 0.407 e. The van der Waals surface area contributed by atoms with Crippen LogP contribution in [0.5, 0.6) is 5.75 Å². The highest BCUT2D eigenvalue weighted by Gasteiger charge is 2.52. The van der Waals surface area contributed by atoms with Crippen LogP contribution in [0.4, 0.5) is 9.18 Å². The number of halogens is 1. The number of nitrogens with one attached hydrogen (secondary N) is 1.